The summed E-state index contributed by atoms with van der Waals surface area (Å²) in [7, 11) is 0. The van der Waals surface area contributed by atoms with E-state index in [0.717, 1.165) is 12.5 Å². The minimum absolute atomic E-state index is 0.302. The number of rotatable bonds is 3. The standard InChI is InChI=1S/C17H28N2/c1-17(2,3)19-11-9-15(10-12-19)16(13-18)14-7-5-4-6-8-14/h4-8,15-16H,9-13,18H2,1-3H3. The lowest BCUT2D eigenvalue weighted by molar-refractivity contribution is 0.0809. The fraction of sp³-hybridized carbons (Fsp3) is 0.647. The quantitative estimate of drug-likeness (QED) is 0.904. The first kappa shape index (κ1) is 14.5. The van der Waals surface area contributed by atoms with Crippen molar-refractivity contribution in [1.82, 2.24) is 4.90 Å². The highest BCUT2D eigenvalue weighted by Crippen LogP contribution is 2.33. The number of benzene rings is 1. The van der Waals surface area contributed by atoms with Crippen LogP contribution in [0.2, 0.25) is 0 Å². The molecule has 1 heterocycles. The Bertz CT molecular complexity index is 372. The molecule has 1 aromatic carbocycles. The Morgan fingerprint density at radius 2 is 1.74 bits per heavy atom. The molecule has 1 unspecified atom stereocenters. The largest absolute Gasteiger partial charge is 0.330 e. The maximum Gasteiger partial charge on any atom is 0.0125 e. The van der Waals surface area contributed by atoms with Gasteiger partial charge in [-0.3, -0.25) is 4.90 Å². The number of nitrogens with two attached hydrogens (primary N) is 1. The van der Waals surface area contributed by atoms with E-state index in [1.165, 1.54) is 31.5 Å². The first-order chi connectivity index (χ1) is 9.02. The molecular formula is C17H28N2. The molecule has 0 bridgehead atoms. The number of piperidine rings is 1. The molecule has 1 saturated heterocycles. The molecule has 0 aliphatic carbocycles. The maximum atomic E-state index is 6.04. The number of nitrogens with zero attached hydrogens (tertiary/aromatic N) is 1. The molecule has 0 aromatic heterocycles. The van der Waals surface area contributed by atoms with E-state index in [1.807, 2.05) is 0 Å². The predicted molar refractivity (Wildman–Crippen MR) is 82.3 cm³/mol. The molecule has 1 atom stereocenters. The van der Waals surface area contributed by atoms with E-state index in [1.54, 1.807) is 0 Å². The minimum Gasteiger partial charge on any atom is -0.330 e. The molecule has 2 rings (SSSR count). The Balaban J connectivity index is 2.00. The molecule has 2 nitrogen and oxygen atoms in total. The fourth-order valence-electron chi connectivity index (χ4n) is 3.27. The molecule has 1 fully saturated rings. The van der Waals surface area contributed by atoms with Crippen molar-refractivity contribution in [2.75, 3.05) is 19.6 Å². The lowest BCUT2D eigenvalue weighted by Crippen LogP contribution is -2.47. The molecule has 0 spiro atoms. The second kappa shape index (κ2) is 6.06. The third-order valence-electron chi connectivity index (χ3n) is 4.54. The van der Waals surface area contributed by atoms with Gasteiger partial charge in [0.15, 0.2) is 0 Å². The molecule has 1 aliphatic rings. The Labute approximate surface area is 118 Å². The minimum atomic E-state index is 0.302. The number of likely N-dealkylation sites (tertiary alicyclic amines) is 1. The van der Waals surface area contributed by atoms with Crippen LogP contribution in [0, 0.1) is 5.92 Å². The first-order valence-electron chi connectivity index (χ1n) is 7.52. The summed E-state index contributed by atoms with van der Waals surface area (Å²) < 4.78 is 0. The van der Waals surface area contributed by atoms with Gasteiger partial charge in [0.1, 0.15) is 0 Å². The Morgan fingerprint density at radius 1 is 1.16 bits per heavy atom. The predicted octanol–water partition coefficient (Wildman–Crippen LogP) is 3.24. The van der Waals surface area contributed by atoms with E-state index in [4.69, 9.17) is 5.73 Å². The summed E-state index contributed by atoms with van der Waals surface area (Å²) in [5.41, 5.74) is 7.76. The summed E-state index contributed by atoms with van der Waals surface area (Å²) in [5.74, 6) is 1.27. The van der Waals surface area contributed by atoms with Crippen LogP contribution in [-0.4, -0.2) is 30.1 Å². The molecule has 0 radical (unpaired) electrons. The van der Waals surface area contributed by atoms with E-state index in [0.29, 0.717) is 11.5 Å². The van der Waals surface area contributed by atoms with Gasteiger partial charge in [-0.25, -0.2) is 0 Å². The van der Waals surface area contributed by atoms with Crippen molar-refractivity contribution in [3.05, 3.63) is 35.9 Å². The van der Waals surface area contributed by atoms with E-state index in [9.17, 15) is 0 Å². The normalized spacial score (nSPS) is 20.4. The van der Waals surface area contributed by atoms with Gasteiger partial charge in [-0.1, -0.05) is 30.3 Å². The summed E-state index contributed by atoms with van der Waals surface area (Å²) in [4.78, 5) is 2.60. The van der Waals surface area contributed by atoms with Crippen LogP contribution in [0.25, 0.3) is 0 Å². The molecule has 1 aromatic rings. The lowest BCUT2D eigenvalue weighted by Gasteiger charge is -2.42. The van der Waals surface area contributed by atoms with Gasteiger partial charge in [0.25, 0.3) is 0 Å². The molecule has 0 saturated carbocycles. The highest BCUT2D eigenvalue weighted by Gasteiger charge is 2.30. The maximum absolute atomic E-state index is 6.04. The summed E-state index contributed by atoms with van der Waals surface area (Å²) in [6.45, 7) is 10.1. The van der Waals surface area contributed by atoms with Crippen molar-refractivity contribution >= 4 is 0 Å². The van der Waals surface area contributed by atoms with E-state index < -0.39 is 0 Å². The van der Waals surface area contributed by atoms with Gasteiger partial charge in [-0.15, -0.1) is 0 Å². The number of hydrogen-bond acceptors (Lipinski definition) is 2. The van der Waals surface area contributed by atoms with Gasteiger partial charge in [0, 0.05) is 5.54 Å². The molecule has 0 amide bonds. The summed E-state index contributed by atoms with van der Waals surface area (Å²) >= 11 is 0. The monoisotopic (exact) mass is 260 g/mol. The Morgan fingerprint density at radius 3 is 2.21 bits per heavy atom. The van der Waals surface area contributed by atoms with Crippen LogP contribution in [-0.2, 0) is 0 Å². The highest BCUT2D eigenvalue weighted by atomic mass is 15.2. The van der Waals surface area contributed by atoms with Crippen molar-refractivity contribution in [3.63, 3.8) is 0 Å². The third-order valence-corrected chi connectivity index (χ3v) is 4.54. The first-order valence-corrected chi connectivity index (χ1v) is 7.52. The third kappa shape index (κ3) is 3.58. The molecule has 19 heavy (non-hydrogen) atoms. The highest BCUT2D eigenvalue weighted by molar-refractivity contribution is 5.21. The van der Waals surface area contributed by atoms with Crippen molar-refractivity contribution in [2.45, 2.75) is 45.1 Å². The molecule has 106 valence electrons. The number of hydrogen-bond donors (Lipinski definition) is 1. The molecule has 1 aliphatic heterocycles. The van der Waals surface area contributed by atoms with Crippen LogP contribution in [0.15, 0.2) is 30.3 Å². The van der Waals surface area contributed by atoms with Crippen LogP contribution in [0.5, 0.6) is 0 Å². The zero-order valence-electron chi connectivity index (χ0n) is 12.6. The van der Waals surface area contributed by atoms with Crippen molar-refractivity contribution < 1.29 is 0 Å². The van der Waals surface area contributed by atoms with Gasteiger partial charge in [0.05, 0.1) is 0 Å². The summed E-state index contributed by atoms with van der Waals surface area (Å²) in [6.07, 6.45) is 2.54. The van der Waals surface area contributed by atoms with Crippen LogP contribution < -0.4 is 5.73 Å². The average molecular weight is 260 g/mol. The van der Waals surface area contributed by atoms with Crippen LogP contribution >= 0.6 is 0 Å². The van der Waals surface area contributed by atoms with E-state index in [2.05, 4.69) is 56.0 Å². The Kier molecular flexibility index (Phi) is 4.64. The fourth-order valence-corrected chi connectivity index (χ4v) is 3.27. The van der Waals surface area contributed by atoms with Gasteiger partial charge in [-0.05, 0) is 70.6 Å². The van der Waals surface area contributed by atoms with Crippen molar-refractivity contribution in [3.8, 4) is 0 Å². The molecular weight excluding hydrogens is 232 g/mol. The van der Waals surface area contributed by atoms with Crippen LogP contribution in [0.4, 0.5) is 0 Å². The van der Waals surface area contributed by atoms with Crippen LogP contribution in [0.1, 0.15) is 45.1 Å². The van der Waals surface area contributed by atoms with Gasteiger partial charge >= 0.3 is 0 Å². The second-order valence-corrected chi connectivity index (χ2v) is 6.75. The Hall–Kier alpha value is -0.860. The van der Waals surface area contributed by atoms with Gasteiger partial charge < -0.3 is 5.73 Å². The zero-order chi connectivity index (χ0) is 13.9. The second-order valence-electron chi connectivity index (χ2n) is 6.75. The van der Waals surface area contributed by atoms with E-state index >= 15 is 0 Å². The van der Waals surface area contributed by atoms with Crippen molar-refractivity contribution in [2.24, 2.45) is 11.7 Å². The molecule has 2 N–H and O–H groups in total. The van der Waals surface area contributed by atoms with Gasteiger partial charge in [-0.2, -0.15) is 0 Å². The molecule has 2 heteroatoms. The lowest BCUT2D eigenvalue weighted by atomic mass is 9.79. The smallest absolute Gasteiger partial charge is 0.0125 e. The SMILES string of the molecule is CC(C)(C)N1CCC(C(CN)c2ccccc2)CC1. The average Bonchev–Trinajstić information content (AvgIpc) is 2.40. The summed E-state index contributed by atoms with van der Waals surface area (Å²) in [6, 6.07) is 10.8. The van der Waals surface area contributed by atoms with Crippen molar-refractivity contribution in [1.29, 1.82) is 0 Å². The van der Waals surface area contributed by atoms with E-state index in [-0.39, 0.29) is 0 Å². The topological polar surface area (TPSA) is 29.3 Å². The van der Waals surface area contributed by atoms with Crippen LogP contribution in [0.3, 0.4) is 0 Å². The zero-order valence-corrected chi connectivity index (χ0v) is 12.6. The van der Waals surface area contributed by atoms with Gasteiger partial charge in [0.2, 0.25) is 0 Å². The summed E-state index contributed by atoms with van der Waals surface area (Å²) in [5, 5.41) is 0.